The molecule has 1 atom stereocenters. The average molecular weight is 169 g/mol. The number of nitrogens with two attached hydrogens (primary N) is 1. The molecule has 0 spiro atoms. The van der Waals surface area contributed by atoms with Gasteiger partial charge in [-0.1, -0.05) is 18.2 Å². The first kappa shape index (κ1) is 8.52. The molecule has 0 amide bonds. The van der Waals surface area contributed by atoms with Crippen molar-refractivity contribution in [3.8, 4) is 0 Å². The van der Waals surface area contributed by atoms with E-state index in [2.05, 4.69) is 0 Å². The standard InChI is InChI=1S/C8H8FNO2/c9-7(8(11)12)5-3-1-2-4-6(5)10/h1-4,7H,10H2,(H,11,12). The second-order valence-electron chi connectivity index (χ2n) is 2.33. The summed E-state index contributed by atoms with van der Waals surface area (Å²) in [6.07, 6.45) is -2.04. The van der Waals surface area contributed by atoms with Crippen molar-refractivity contribution >= 4 is 11.7 Å². The number of hydrogen-bond donors (Lipinski definition) is 2. The summed E-state index contributed by atoms with van der Waals surface area (Å²) in [5.41, 5.74) is 5.52. The van der Waals surface area contributed by atoms with E-state index in [1.165, 1.54) is 12.1 Å². The van der Waals surface area contributed by atoms with Gasteiger partial charge in [-0.3, -0.25) is 0 Å². The second-order valence-corrected chi connectivity index (χ2v) is 2.33. The Kier molecular flexibility index (Phi) is 2.28. The lowest BCUT2D eigenvalue weighted by Gasteiger charge is -2.05. The predicted molar refractivity (Wildman–Crippen MR) is 42.3 cm³/mol. The van der Waals surface area contributed by atoms with Crippen molar-refractivity contribution in [1.29, 1.82) is 0 Å². The molecule has 4 heteroatoms. The van der Waals surface area contributed by atoms with Crippen molar-refractivity contribution in [2.24, 2.45) is 0 Å². The number of anilines is 1. The Morgan fingerprint density at radius 3 is 2.58 bits per heavy atom. The molecule has 12 heavy (non-hydrogen) atoms. The molecule has 0 saturated heterocycles. The van der Waals surface area contributed by atoms with E-state index in [-0.39, 0.29) is 11.3 Å². The third kappa shape index (κ3) is 1.53. The molecule has 0 saturated carbocycles. The minimum absolute atomic E-state index is 0.00463. The summed E-state index contributed by atoms with van der Waals surface area (Å²) < 4.78 is 12.8. The highest BCUT2D eigenvalue weighted by molar-refractivity contribution is 5.76. The van der Waals surface area contributed by atoms with Gasteiger partial charge in [0.1, 0.15) is 0 Å². The van der Waals surface area contributed by atoms with Crippen molar-refractivity contribution < 1.29 is 14.3 Å². The van der Waals surface area contributed by atoms with Crippen LogP contribution in [0.4, 0.5) is 10.1 Å². The Morgan fingerprint density at radius 1 is 1.50 bits per heavy atom. The number of carbonyl (C=O) groups is 1. The second kappa shape index (κ2) is 3.21. The normalized spacial score (nSPS) is 12.4. The van der Waals surface area contributed by atoms with Crippen LogP contribution >= 0.6 is 0 Å². The van der Waals surface area contributed by atoms with E-state index >= 15 is 0 Å². The molecule has 3 nitrogen and oxygen atoms in total. The number of carboxylic acids is 1. The van der Waals surface area contributed by atoms with Gasteiger partial charge in [0, 0.05) is 11.3 Å². The predicted octanol–water partition coefficient (Wildman–Crippen LogP) is 1.36. The number of carboxylic acid groups (broad SMARTS) is 1. The van der Waals surface area contributed by atoms with Crippen LogP contribution in [0.5, 0.6) is 0 Å². The van der Waals surface area contributed by atoms with Gasteiger partial charge in [0.05, 0.1) is 0 Å². The van der Waals surface area contributed by atoms with Crippen molar-refractivity contribution in [3.63, 3.8) is 0 Å². The SMILES string of the molecule is Nc1ccccc1C(F)C(=O)O. The molecule has 0 aromatic heterocycles. The molecule has 1 aromatic carbocycles. The first-order valence-corrected chi connectivity index (χ1v) is 3.34. The van der Waals surface area contributed by atoms with Gasteiger partial charge in [-0.2, -0.15) is 0 Å². The fourth-order valence-corrected chi connectivity index (χ4v) is 0.875. The van der Waals surface area contributed by atoms with Crippen LogP contribution in [-0.4, -0.2) is 11.1 Å². The zero-order valence-corrected chi connectivity index (χ0v) is 6.20. The monoisotopic (exact) mass is 169 g/mol. The molecule has 64 valence electrons. The maximum Gasteiger partial charge on any atom is 0.343 e. The largest absolute Gasteiger partial charge is 0.479 e. The van der Waals surface area contributed by atoms with Crippen LogP contribution < -0.4 is 5.73 Å². The molecule has 0 aliphatic rings. The molecular weight excluding hydrogens is 161 g/mol. The van der Waals surface area contributed by atoms with E-state index in [9.17, 15) is 9.18 Å². The summed E-state index contributed by atoms with van der Waals surface area (Å²) in [7, 11) is 0. The van der Waals surface area contributed by atoms with Gasteiger partial charge in [0.25, 0.3) is 0 Å². The van der Waals surface area contributed by atoms with Crippen molar-refractivity contribution in [3.05, 3.63) is 29.8 Å². The summed E-state index contributed by atoms with van der Waals surface area (Å²) in [6.45, 7) is 0. The van der Waals surface area contributed by atoms with Gasteiger partial charge in [-0.15, -0.1) is 0 Å². The summed E-state index contributed by atoms with van der Waals surface area (Å²) >= 11 is 0. The topological polar surface area (TPSA) is 63.3 Å². The number of para-hydroxylation sites is 1. The van der Waals surface area contributed by atoms with E-state index in [0.717, 1.165) is 0 Å². The number of nitrogen functional groups attached to an aromatic ring is 1. The number of aliphatic carboxylic acids is 1. The molecule has 0 fully saturated rings. The minimum Gasteiger partial charge on any atom is -0.479 e. The first-order chi connectivity index (χ1) is 5.63. The number of benzene rings is 1. The van der Waals surface area contributed by atoms with Crippen LogP contribution in [0, 0.1) is 0 Å². The summed E-state index contributed by atoms with van der Waals surface area (Å²) in [5, 5.41) is 8.33. The molecule has 1 rings (SSSR count). The zero-order valence-electron chi connectivity index (χ0n) is 6.20. The van der Waals surface area contributed by atoms with Crippen LogP contribution in [0.25, 0.3) is 0 Å². The lowest BCUT2D eigenvalue weighted by Crippen LogP contribution is -2.08. The van der Waals surface area contributed by atoms with E-state index in [4.69, 9.17) is 10.8 Å². The smallest absolute Gasteiger partial charge is 0.343 e. The molecule has 3 N–H and O–H groups in total. The highest BCUT2D eigenvalue weighted by atomic mass is 19.1. The third-order valence-corrected chi connectivity index (χ3v) is 1.49. The number of alkyl halides is 1. The number of hydrogen-bond acceptors (Lipinski definition) is 2. The highest BCUT2D eigenvalue weighted by Crippen LogP contribution is 2.22. The number of rotatable bonds is 2. The quantitative estimate of drug-likeness (QED) is 0.657. The molecule has 0 heterocycles. The van der Waals surface area contributed by atoms with Crippen LogP contribution in [0.15, 0.2) is 24.3 Å². The summed E-state index contributed by atoms with van der Waals surface area (Å²) in [5.74, 6) is -1.52. The lowest BCUT2D eigenvalue weighted by molar-refractivity contribution is -0.143. The third-order valence-electron chi connectivity index (χ3n) is 1.49. The fraction of sp³-hybridized carbons (Fsp3) is 0.125. The average Bonchev–Trinajstić information content (AvgIpc) is 2.04. The van der Waals surface area contributed by atoms with E-state index in [1.54, 1.807) is 12.1 Å². The Balaban J connectivity index is 3.02. The molecule has 1 unspecified atom stereocenters. The molecule has 0 aliphatic heterocycles. The maximum absolute atomic E-state index is 12.8. The van der Waals surface area contributed by atoms with Gasteiger partial charge in [0.15, 0.2) is 0 Å². The van der Waals surface area contributed by atoms with Crippen LogP contribution in [0.1, 0.15) is 11.7 Å². The van der Waals surface area contributed by atoms with E-state index in [0.29, 0.717) is 0 Å². The van der Waals surface area contributed by atoms with Crippen molar-refractivity contribution in [2.75, 3.05) is 5.73 Å². The summed E-state index contributed by atoms with van der Waals surface area (Å²) in [4.78, 5) is 10.2. The van der Waals surface area contributed by atoms with Crippen LogP contribution in [0.2, 0.25) is 0 Å². The first-order valence-electron chi connectivity index (χ1n) is 3.34. The van der Waals surface area contributed by atoms with E-state index < -0.39 is 12.1 Å². The molecular formula is C8H8FNO2. The van der Waals surface area contributed by atoms with Crippen molar-refractivity contribution in [1.82, 2.24) is 0 Å². The Hall–Kier alpha value is -1.58. The fourth-order valence-electron chi connectivity index (χ4n) is 0.875. The molecule has 0 aliphatic carbocycles. The van der Waals surface area contributed by atoms with Gasteiger partial charge in [-0.25, -0.2) is 9.18 Å². The van der Waals surface area contributed by atoms with Crippen LogP contribution in [-0.2, 0) is 4.79 Å². The van der Waals surface area contributed by atoms with Gasteiger partial charge >= 0.3 is 5.97 Å². The Morgan fingerprint density at radius 2 is 2.08 bits per heavy atom. The Labute approximate surface area is 68.6 Å². The van der Waals surface area contributed by atoms with Gasteiger partial charge < -0.3 is 10.8 Å². The minimum atomic E-state index is -2.04. The van der Waals surface area contributed by atoms with Gasteiger partial charge in [0.2, 0.25) is 6.17 Å². The zero-order chi connectivity index (χ0) is 9.14. The number of halogens is 1. The molecule has 1 aromatic rings. The lowest BCUT2D eigenvalue weighted by atomic mass is 10.1. The Bertz CT molecular complexity index is 301. The van der Waals surface area contributed by atoms with Gasteiger partial charge in [-0.05, 0) is 6.07 Å². The highest BCUT2D eigenvalue weighted by Gasteiger charge is 2.19. The van der Waals surface area contributed by atoms with Crippen LogP contribution in [0.3, 0.4) is 0 Å². The molecule has 0 bridgehead atoms. The van der Waals surface area contributed by atoms with Crippen molar-refractivity contribution in [2.45, 2.75) is 6.17 Å². The molecule has 0 radical (unpaired) electrons. The summed E-state index contributed by atoms with van der Waals surface area (Å²) in [6, 6.07) is 5.98. The van der Waals surface area contributed by atoms with E-state index in [1.807, 2.05) is 0 Å². The maximum atomic E-state index is 12.8.